The van der Waals surface area contributed by atoms with Crippen LogP contribution < -0.4 is 5.32 Å². The van der Waals surface area contributed by atoms with Crippen LogP contribution >= 0.6 is 11.8 Å². The maximum atomic E-state index is 9.29. The van der Waals surface area contributed by atoms with Gasteiger partial charge in [0.1, 0.15) is 0 Å². The molecular weight excluding hydrogens is 218 g/mol. The number of hydrogen-bond donors (Lipinski definition) is 2. The first kappa shape index (κ1) is 14.3. The van der Waals surface area contributed by atoms with E-state index in [2.05, 4.69) is 18.5 Å². The van der Waals surface area contributed by atoms with Gasteiger partial charge in [0.05, 0.1) is 6.61 Å². The molecule has 1 aliphatic rings. The molecule has 0 aromatic rings. The summed E-state index contributed by atoms with van der Waals surface area (Å²) in [6.07, 6.45) is 10.2. The molecule has 0 aliphatic heterocycles. The number of hydrogen-bond acceptors (Lipinski definition) is 3. The topological polar surface area (TPSA) is 32.3 Å². The second kappa shape index (κ2) is 8.37. The van der Waals surface area contributed by atoms with E-state index in [4.69, 9.17) is 0 Å². The third kappa shape index (κ3) is 5.55. The van der Waals surface area contributed by atoms with Crippen molar-refractivity contribution < 1.29 is 5.11 Å². The summed E-state index contributed by atoms with van der Waals surface area (Å²) in [4.78, 5) is 0. The quantitative estimate of drug-likeness (QED) is 0.689. The fraction of sp³-hybridized carbons (Fsp3) is 1.00. The number of thioether (sulfide) groups is 1. The Morgan fingerprint density at radius 3 is 2.62 bits per heavy atom. The molecule has 2 unspecified atom stereocenters. The highest BCUT2D eigenvalue weighted by Gasteiger charge is 2.19. The van der Waals surface area contributed by atoms with Crippen LogP contribution in [0.1, 0.15) is 45.4 Å². The van der Waals surface area contributed by atoms with E-state index in [1.165, 1.54) is 32.1 Å². The van der Waals surface area contributed by atoms with Gasteiger partial charge in [0, 0.05) is 12.1 Å². The second-order valence-electron chi connectivity index (χ2n) is 5.11. The highest BCUT2D eigenvalue weighted by molar-refractivity contribution is 7.98. The summed E-state index contributed by atoms with van der Waals surface area (Å²) >= 11 is 1.85. The fourth-order valence-electron chi connectivity index (χ4n) is 2.70. The summed E-state index contributed by atoms with van der Waals surface area (Å²) < 4.78 is 0. The van der Waals surface area contributed by atoms with Gasteiger partial charge in [-0.2, -0.15) is 11.8 Å². The molecule has 0 aromatic heterocycles. The summed E-state index contributed by atoms with van der Waals surface area (Å²) in [6, 6.07) is 0.853. The van der Waals surface area contributed by atoms with Crippen LogP contribution in [0, 0.1) is 5.92 Å². The Kier molecular flexibility index (Phi) is 7.50. The predicted octanol–water partition coefficient (Wildman–Crippen LogP) is 2.66. The Morgan fingerprint density at radius 1 is 1.38 bits per heavy atom. The van der Waals surface area contributed by atoms with E-state index < -0.39 is 0 Å². The van der Waals surface area contributed by atoms with Crippen LogP contribution in [0.15, 0.2) is 0 Å². The summed E-state index contributed by atoms with van der Waals surface area (Å²) in [5.74, 6) is 2.07. The molecule has 1 aliphatic carbocycles. The van der Waals surface area contributed by atoms with Gasteiger partial charge < -0.3 is 10.4 Å². The molecular formula is C13H27NOS. The van der Waals surface area contributed by atoms with E-state index >= 15 is 0 Å². The van der Waals surface area contributed by atoms with E-state index in [1.54, 1.807) is 0 Å². The molecule has 2 nitrogen and oxygen atoms in total. The predicted molar refractivity (Wildman–Crippen MR) is 73.0 cm³/mol. The maximum absolute atomic E-state index is 9.29. The Bertz CT molecular complexity index is 171. The van der Waals surface area contributed by atoms with Crippen molar-refractivity contribution in [3.05, 3.63) is 0 Å². The summed E-state index contributed by atoms with van der Waals surface area (Å²) in [5.41, 5.74) is 0. The van der Waals surface area contributed by atoms with E-state index in [0.717, 1.165) is 18.1 Å². The van der Waals surface area contributed by atoms with Gasteiger partial charge in [-0.05, 0) is 37.7 Å². The van der Waals surface area contributed by atoms with Crippen molar-refractivity contribution in [2.45, 2.75) is 57.5 Å². The molecule has 1 rings (SSSR count). The molecule has 0 heterocycles. The van der Waals surface area contributed by atoms with Gasteiger partial charge in [-0.25, -0.2) is 0 Å². The zero-order chi connectivity index (χ0) is 11.8. The SMILES string of the molecule is CSCCC(CO)NC(C)CC1CCCC1. The first-order chi connectivity index (χ1) is 7.76. The second-order valence-corrected chi connectivity index (χ2v) is 6.10. The third-order valence-electron chi connectivity index (χ3n) is 3.57. The number of nitrogens with one attached hydrogen (secondary N) is 1. The van der Waals surface area contributed by atoms with Gasteiger partial charge in [0.25, 0.3) is 0 Å². The number of rotatable bonds is 8. The zero-order valence-corrected chi connectivity index (χ0v) is 11.6. The average molecular weight is 245 g/mol. The number of aliphatic hydroxyl groups is 1. The molecule has 0 saturated heterocycles. The van der Waals surface area contributed by atoms with Crippen molar-refractivity contribution >= 4 is 11.8 Å². The molecule has 0 aromatic carbocycles. The lowest BCUT2D eigenvalue weighted by Crippen LogP contribution is -2.40. The minimum absolute atomic E-state index is 0.273. The molecule has 2 N–H and O–H groups in total. The van der Waals surface area contributed by atoms with Crippen LogP contribution in [0.5, 0.6) is 0 Å². The highest BCUT2D eigenvalue weighted by atomic mass is 32.2. The van der Waals surface area contributed by atoms with Crippen molar-refractivity contribution in [1.29, 1.82) is 0 Å². The molecule has 0 amide bonds. The Morgan fingerprint density at radius 2 is 2.06 bits per heavy atom. The van der Waals surface area contributed by atoms with E-state index in [0.29, 0.717) is 12.1 Å². The Labute approximate surface area is 105 Å². The minimum atomic E-state index is 0.273. The van der Waals surface area contributed by atoms with Crippen LogP contribution in [-0.4, -0.2) is 35.8 Å². The molecule has 16 heavy (non-hydrogen) atoms. The van der Waals surface area contributed by atoms with E-state index in [9.17, 15) is 5.11 Å². The first-order valence-electron chi connectivity index (χ1n) is 6.62. The summed E-state index contributed by atoms with van der Waals surface area (Å²) in [6.45, 7) is 2.54. The van der Waals surface area contributed by atoms with Crippen molar-refractivity contribution in [2.24, 2.45) is 5.92 Å². The van der Waals surface area contributed by atoms with Crippen LogP contribution in [0.4, 0.5) is 0 Å². The molecule has 1 fully saturated rings. The lowest BCUT2D eigenvalue weighted by molar-refractivity contribution is 0.223. The van der Waals surface area contributed by atoms with Gasteiger partial charge in [0.15, 0.2) is 0 Å². The standard InChI is InChI=1S/C13H27NOS/c1-11(9-12-5-3-4-6-12)14-13(10-15)7-8-16-2/h11-15H,3-10H2,1-2H3. The molecule has 0 radical (unpaired) electrons. The smallest absolute Gasteiger partial charge is 0.0585 e. The van der Waals surface area contributed by atoms with Gasteiger partial charge in [-0.15, -0.1) is 0 Å². The van der Waals surface area contributed by atoms with Gasteiger partial charge >= 0.3 is 0 Å². The average Bonchev–Trinajstić information content (AvgIpc) is 2.76. The van der Waals surface area contributed by atoms with Gasteiger partial charge in [0.2, 0.25) is 0 Å². The lowest BCUT2D eigenvalue weighted by Gasteiger charge is -2.23. The van der Waals surface area contributed by atoms with E-state index in [1.807, 2.05) is 11.8 Å². The van der Waals surface area contributed by atoms with Crippen LogP contribution in [0.3, 0.4) is 0 Å². The van der Waals surface area contributed by atoms with Crippen LogP contribution in [0.2, 0.25) is 0 Å². The van der Waals surface area contributed by atoms with Crippen molar-refractivity contribution in [3.63, 3.8) is 0 Å². The molecule has 0 spiro atoms. The Hall–Kier alpha value is 0.270. The molecule has 1 saturated carbocycles. The van der Waals surface area contributed by atoms with Crippen molar-refractivity contribution in [3.8, 4) is 0 Å². The normalized spacial score (nSPS) is 21.2. The summed E-state index contributed by atoms with van der Waals surface area (Å²) in [7, 11) is 0. The van der Waals surface area contributed by atoms with Crippen molar-refractivity contribution in [1.82, 2.24) is 5.32 Å². The minimum Gasteiger partial charge on any atom is -0.395 e. The zero-order valence-electron chi connectivity index (χ0n) is 10.7. The molecule has 0 bridgehead atoms. The van der Waals surface area contributed by atoms with Gasteiger partial charge in [-0.1, -0.05) is 25.7 Å². The Balaban J connectivity index is 2.16. The van der Waals surface area contributed by atoms with Crippen LogP contribution in [-0.2, 0) is 0 Å². The lowest BCUT2D eigenvalue weighted by atomic mass is 9.99. The van der Waals surface area contributed by atoms with E-state index in [-0.39, 0.29) is 6.61 Å². The fourth-order valence-corrected chi connectivity index (χ4v) is 3.22. The number of aliphatic hydroxyl groups excluding tert-OH is 1. The molecule has 96 valence electrons. The molecule has 2 atom stereocenters. The van der Waals surface area contributed by atoms with Gasteiger partial charge in [-0.3, -0.25) is 0 Å². The van der Waals surface area contributed by atoms with Crippen molar-refractivity contribution in [2.75, 3.05) is 18.6 Å². The monoisotopic (exact) mass is 245 g/mol. The third-order valence-corrected chi connectivity index (χ3v) is 4.22. The highest BCUT2D eigenvalue weighted by Crippen LogP contribution is 2.28. The summed E-state index contributed by atoms with van der Waals surface area (Å²) in [5, 5.41) is 12.9. The maximum Gasteiger partial charge on any atom is 0.0585 e. The first-order valence-corrected chi connectivity index (χ1v) is 8.01. The largest absolute Gasteiger partial charge is 0.395 e. The van der Waals surface area contributed by atoms with Crippen LogP contribution in [0.25, 0.3) is 0 Å². The molecule has 3 heteroatoms.